The number of para-hydroxylation sites is 1. The van der Waals surface area contributed by atoms with Crippen LogP contribution in [0.15, 0.2) is 18.2 Å². The number of ketones is 1. The van der Waals surface area contributed by atoms with Crippen molar-refractivity contribution < 1.29 is 24.6 Å². The number of hydrogen-bond donors (Lipinski definition) is 1. The van der Waals surface area contributed by atoms with Crippen LogP contribution >= 0.6 is 0 Å². The van der Waals surface area contributed by atoms with Gasteiger partial charge in [-0.25, -0.2) is 4.79 Å². The molecule has 0 saturated carbocycles. The molecular formula is C9H7NO6. The van der Waals surface area contributed by atoms with Crippen molar-refractivity contribution in [2.75, 3.05) is 0 Å². The van der Waals surface area contributed by atoms with Crippen molar-refractivity contribution in [2.24, 2.45) is 0 Å². The lowest BCUT2D eigenvalue weighted by atomic mass is 10.1. The minimum atomic E-state index is -1.40. The molecule has 0 saturated heterocycles. The molecule has 0 heterocycles. The Morgan fingerprint density at radius 3 is 2.38 bits per heavy atom. The molecule has 0 aliphatic heterocycles. The number of benzene rings is 1. The Balaban J connectivity index is 3.40. The van der Waals surface area contributed by atoms with Gasteiger partial charge in [0, 0.05) is 5.56 Å². The molecule has 0 spiro atoms. The zero-order valence-electron chi connectivity index (χ0n) is 8.17. The molecule has 1 aromatic carbocycles. The minimum absolute atomic E-state index is 0.142. The molecule has 16 heavy (non-hydrogen) atoms. The summed E-state index contributed by atoms with van der Waals surface area (Å²) in [7, 11) is 0. The maximum atomic E-state index is 11.1. The van der Waals surface area contributed by atoms with Crippen molar-refractivity contribution in [3.8, 4) is 5.75 Å². The standard InChI is InChI=1S/C9H7NO6/c1-5(11)6-3-2-4-7(9(12)13)8(6)16-10(14)15/h2-4H,1H3,(H,12,13). The Morgan fingerprint density at radius 1 is 1.38 bits per heavy atom. The van der Waals surface area contributed by atoms with Crippen LogP contribution in [0.1, 0.15) is 27.6 Å². The third-order valence-electron chi connectivity index (χ3n) is 1.79. The van der Waals surface area contributed by atoms with Gasteiger partial charge in [-0.15, -0.1) is 10.1 Å². The number of hydrogen-bond acceptors (Lipinski definition) is 5. The Morgan fingerprint density at radius 2 is 1.94 bits per heavy atom. The molecule has 0 amide bonds. The van der Waals surface area contributed by atoms with E-state index in [1.54, 1.807) is 0 Å². The van der Waals surface area contributed by atoms with Crippen LogP contribution in [0.3, 0.4) is 0 Å². The molecule has 0 aliphatic carbocycles. The van der Waals surface area contributed by atoms with Gasteiger partial charge in [0.05, 0.1) is 5.56 Å². The van der Waals surface area contributed by atoms with E-state index in [9.17, 15) is 19.7 Å². The first-order valence-electron chi connectivity index (χ1n) is 4.13. The van der Waals surface area contributed by atoms with Gasteiger partial charge in [0.25, 0.3) is 5.09 Å². The minimum Gasteiger partial charge on any atom is -0.478 e. The predicted molar refractivity (Wildman–Crippen MR) is 51.0 cm³/mol. The Kier molecular flexibility index (Phi) is 3.19. The summed E-state index contributed by atoms with van der Waals surface area (Å²) in [5.74, 6) is -2.47. The SMILES string of the molecule is CC(=O)c1cccc(C(=O)O)c1O[N+](=O)[O-]. The molecule has 0 bridgehead atoms. The lowest BCUT2D eigenvalue weighted by Gasteiger charge is -2.07. The fourth-order valence-corrected chi connectivity index (χ4v) is 1.16. The molecule has 0 atom stereocenters. The van der Waals surface area contributed by atoms with Crippen LogP contribution in [0.4, 0.5) is 0 Å². The summed E-state index contributed by atoms with van der Waals surface area (Å²) in [6.45, 7) is 1.16. The van der Waals surface area contributed by atoms with Crippen LogP contribution in [0.5, 0.6) is 5.75 Å². The maximum Gasteiger partial charge on any atom is 0.337 e. The number of aromatic carboxylic acids is 1. The van der Waals surface area contributed by atoms with Gasteiger partial charge in [-0.3, -0.25) is 9.63 Å². The van der Waals surface area contributed by atoms with Crippen LogP contribution in [0, 0.1) is 10.1 Å². The normalized spacial score (nSPS) is 9.56. The van der Waals surface area contributed by atoms with E-state index in [1.165, 1.54) is 12.1 Å². The van der Waals surface area contributed by atoms with Crippen LogP contribution in [-0.4, -0.2) is 21.9 Å². The number of nitrogens with zero attached hydrogens (tertiary/aromatic N) is 1. The fourth-order valence-electron chi connectivity index (χ4n) is 1.16. The fraction of sp³-hybridized carbons (Fsp3) is 0.111. The van der Waals surface area contributed by atoms with E-state index in [4.69, 9.17) is 5.11 Å². The molecule has 0 fully saturated rings. The number of carbonyl (C=O) groups is 2. The van der Waals surface area contributed by atoms with E-state index in [-0.39, 0.29) is 5.56 Å². The molecule has 7 nitrogen and oxygen atoms in total. The molecule has 1 rings (SSSR count). The average Bonchev–Trinajstić information content (AvgIpc) is 2.16. The lowest BCUT2D eigenvalue weighted by molar-refractivity contribution is -0.711. The van der Waals surface area contributed by atoms with Gasteiger partial charge in [0.2, 0.25) is 0 Å². The van der Waals surface area contributed by atoms with E-state index in [0.717, 1.165) is 13.0 Å². The second kappa shape index (κ2) is 4.39. The van der Waals surface area contributed by atoms with Gasteiger partial charge in [-0.05, 0) is 19.1 Å². The van der Waals surface area contributed by atoms with Gasteiger partial charge in [-0.1, -0.05) is 6.07 Å². The first-order chi connectivity index (χ1) is 7.43. The summed E-state index contributed by atoms with van der Waals surface area (Å²) >= 11 is 0. The van der Waals surface area contributed by atoms with E-state index < -0.39 is 28.2 Å². The average molecular weight is 225 g/mol. The first-order valence-corrected chi connectivity index (χ1v) is 4.13. The van der Waals surface area contributed by atoms with E-state index in [1.807, 2.05) is 0 Å². The molecule has 1 N–H and O–H groups in total. The van der Waals surface area contributed by atoms with E-state index in [2.05, 4.69) is 4.84 Å². The van der Waals surface area contributed by atoms with Crippen molar-refractivity contribution in [1.29, 1.82) is 0 Å². The highest BCUT2D eigenvalue weighted by atomic mass is 17.0. The first kappa shape index (κ1) is 11.6. The monoisotopic (exact) mass is 225 g/mol. The molecule has 0 aliphatic rings. The van der Waals surface area contributed by atoms with Crippen molar-refractivity contribution in [1.82, 2.24) is 0 Å². The Labute approximate surface area is 89.4 Å². The second-order valence-electron chi connectivity index (χ2n) is 2.86. The summed E-state index contributed by atoms with van der Waals surface area (Å²) in [6, 6.07) is 3.69. The van der Waals surface area contributed by atoms with Gasteiger partial charge in [0.1, 0.15) is 5.75 Å². The van der Waals surface area contributed by atoms with Crippen LogP contribution in [0.2, 0.25) is 0 Å². The summed E-state index contributed by atoms with van der Waals surface area (Å²) in [5.41, 5.74) is -0.569. The van der Waals surface area contributed by atoms with Crippen molar-refractivity contribution in [2.45, 2.75) is 6.92 Å². The second-order valence-corrected chi connectivity index (χ2v) is 2.86. The molecule has 1 aromatic rings. The van der Waals surface area contributed by atoms with Gasteiger partial charge in [0.15, 0.2) is 5.78 Å². The number of carboxylic acids is 1. The summed E-state index contributed by atoms with van der Waals surface area (Å²) in [5, 5.41) is 17.8. The lowest BCUT2D eigenvalue weighted by Crippen LogP contribution is -2.12. The summed E-state index contributed by atoms with van der Waals surface area (Å²) in [6.07, 6.45) is 0. The quantitative estimate of drug-likeness (QED) is 0.468. The molecule has 0 unspecified atom stereocenters. The molecule has 84 valence electrons. The predicted octanol–water partition coefficient (Wildman–Crippen LogP) is 1.16. The van der Waals surface area contributed by atoms with Crippen molar-refractivity contribution in [3.63, 3.8) is 0 Å². The summed E-state index contributed by atoms with van der Waals surface area (Å²) in [4.78, 5) is 36.2. The van der Waals surface area contributed by atoms with Gasteiger partial charge in [-0.2, -0.15) is 0 Å². The maximum absolute atomic E-state index is 11.1. The number of carboxylic acid groups (broad SMARTS) is 1. The molecule has 7 heteroatoms. The van der Waals surface area contributed by atoms with E-state index >= 15 is 0 Å². The smallest absolute Gasteiger partial charge is 0.337 e. The zero-order valence-corrected chi connectivity index (χ0v) is 8.17. The van der Waals surface area contributed by atoms with Gasteiger partial charge < -0.3 is 5.11 Å². The molecular weight excluding hydrogens is 218 g/mol. The highest BCUT2D eigenvalue weighted by molar-refractivity contribution is 6.01. The highest BCUT2D eigenvalue weighted by Gasteiger charge is 2.19. The molecule has 0 radical (unpaired) electrons. The van der Waals surface area contributed by atoms with Crippen LogP contribution in [-0.2, 0) is 0 Å². The highest BCUT2D eigenvalue weighted by Crippen LogP contribution is 2.24. The number of carbonyl (C=O) groups excluding carboxylic acids is 1. The Hall–Kier alpha value is -2.44. The third-order valence-corrected chi connectivity index (χ3v) is 1.79. The molecule has 0 aromatic heterocycles. The van der Waals surface area contributed by atoms with Gasteiger partial charge >= 0.3 is 5.97 Å². The largest absolute Gasteiger partial charge is 0.478 e. The zero-order chi connectivity index (χ0) is 12.3. The number of rotatable bonds is 4. The van der Waals surface area contributed by atoms with Crippen molar-refractivity contribution >= 4 is 11.8 Å². The topological polar surface area (TPSA) is 107 Å². The third kappa shape index (κ3) is 2.32. The van der Waals surface area contributed by atoms with Crippen LogP contribution in [0.25, 0.3) is 0 Å². The van der Waals surface area contributed by atoms with Crippen LogP contribution < -0.4 is 4.84 Å². The Bertz CT molecular complexity index is 435. The summed E-state index contributed by atoms with van der Waals surface area (Å²) < 4.78 is 0. The van der Waals surface area contributed by atoms with E-state index in [0.29, 0.717) is 0 Å². The number of Topliss-reactive ketones (excluding diaryl/α,β-unsaturated/α-hetero) is 1. The van der Waals surface area contributed by atoms with Crippen molar-refractivity contribution in [3.05, 3.63) is 39.4 Å².